The van der Waals surface area contributed by atoms with Gasteiger partial charge in [-0.15, -0.1) is 0 Å². The fourth-order valence-electron chi connectivity index (χ4n) is 5.10. The highest BCUT2D eigenvalue weighted by Gasteiger charge is 2.52. The van der Waals surface area contributed by atoms with Crippen LogP contribution >= 0.6 is 0 Å². The summed E-state index contributed by atoms with van der Waals surface area (Å²) in [5.74, 6) is 1.27. The van der Waals surface area contributed by atoms with Crippen molar-refractivity contribution in [3.63, 3.8) is 0 Å². The zero-order valence-corrected chi connectivity index (χ0v) is 11.1. The highest BCUT2D eigenvalue weighted by Crippen LogP contribution is 2.54. The topological polar surface area (TPSA) is 0 Å². The summed E-state index contributed by atoms with van der Waals surface area (Å²) < 4.78 is 15.9. The van der Waals surface area contributed by atoms with Crippen molar-refractivity contribution >= 4 is 0 Å². The Bertz CT molecular complexity index is 201. The van der Waals surface area contributed by atoms with Crippen molar-refractivity contribution in [3.8, 4) is 0 Å². The van der Waals surface area contributed by atoms with Gasteiger partial charge in [0.2, 0.25) is 0 Å². The predicted octanol–water partition coefficient (Wildman–Crippen LogP) is 5.27. The first-order valence-corrected chi connectivity index (χ1v) is 8.00. The maximum atomic E-state index is 15.9. The smallest absolute Gasteiger partial charge is 0.119 e. The minimum Gasteiger partial charge on any atom is -0.243 e. The van der Waals surface area contributed by atoms with E-state index in [0.29, 0.717) is 17.8 Å². The van der Waals surface area contributed by atoms with E-state index in [1.807, 2.05) is 0 Å². The zero-order chi connectivity index (χ0) is 11.7. The Labute approximate surface area is 105 Å². The van der Waals surface area contributed by atoms with E-state index in [9.17, 15) is 0 Å². The molecule has 0 aromatic heterocycles. The van der Waals surface area contributed by atoms with E-state index in [-0.39, 0.29) is 0 Å². The second kappa shape index (κ2) is 4.90. The second-order valence-corrected chi connectivity index (χ2v) is 6.77. The Balaban J connectivity index is 1.81. The van der Waals surface area contributed by atoms with Crippen LogP contribution in [0.2, 0.25) is 0 Å². The highest BCUT2D eigenvalue weighted by atomic mass is 19.1. The average Bonchev–Trinajstić information content (AvgIpc) is 3.10. The van der Waals surface area contributed by atoms with Crippen molar-refractivity contribution in [2.45, 2.75) is 82.7 Å². The third-order valence-electron chi connectivity index (χ3n) is 5.94. The van der Waals surface area contributed by atoms with Gasteiger partial charge in [-0.25, -0.2) is 4.39 Å². The molecule has 0 aliphatic heterocycles. The Kier molecular flexibility index (Phi) is 3.45. The summed E-state index contributed by atoms with van der Waals surface area (Å²) >= 11 is 0. The van der Waals surface area contributed by atoms with Crippen molar-refractivity contribution < 1.29 is 4.39 Å². The van der Waals surface area contributed by atoms with Crippen molar-refractivity contribution in [2.24, 2.45) is 17.8 Å². The number of hydrogen-bond donors (Lipinski definition) is 0. The molecule has 0 radical (unpaired) electrons. The third-order valence-corrected chi connectivity index (χ3v) is 5.94. The molecule has 0 amide bonds. The standard InChI is InChI=1S/C16H27F/c17-16(13-7-1-2-8-13,14-9-3-4-10-14)15-11-5-6-12-15/h13-15H,1-12H2. The van der Waals surface area contributed by atoms with Crippen LogP contribution in [0.25, 0.3) is 0 Å². The molecule has 98 valence electrons. The molecule has 3 rings (SSSR count). The molecule has 0 aromatic carbocycles. The highest BCUT2D eigenvalue weighted by molar-refractivity contribution is 5.02. The Morgan fingerprint density at radius 2 is 0.765 bits per heavy atom. The van der Waals surface area contributed by atoms with Crippen LogP contribution in [0.1, 0.15) is 77.0 Å². The van der Waals surface area contributed by atoms with Crippen molar-refractivity contribution in [2.75, 3.05) is 0 Å². The van der Waals surface area contributed by atoms with Crippen molar-refractivity contribution in [1.82, 2.24) is 0 Å². The summed E-state index contributed by atoms with van der Waals surface area (Å²) in [4.78, 5) is 0. The summed E-state index contributed by atoms with van der Waals surface area (Å²) in [6.45, 7) is 0. The molecule has 0 bridgehead atoms. The SMILES string of the molecule is FC(C1CCCC1)(C1CCCC1)C1CCCC1. The van der Waals surface area contributed by atoms with Crippen molar-refractivity contribution in [3.05, 3.63) is 0 Å². The zero-order valence-electron chi connectivity index (χ0n) is 11.1. The fraction of sp³-hybridized carbons (Fsp3) is 1.00. The quantitative estimate of drug-likeness (QED) is 0.628. The normalized spacial score (nSPS) is 29.5. The van der Waals surface area contributed by atoms with Crippen LogP contribution < -0.4 is 0 Å². The van der Waals surface area contributed by atoms with E-state index < -0.39 is 5.67 Å². The van der Waals surface area contributed by atoms with Crippen LogP contribution in [-0.2, 0) is 0 Å². The van der Waals surface area contributed by atoms with Crippen molar-refractivity contribution in [1.29, 1.82) is 0 Å². The lowest BCUT2D eigenvalue weighted by molar-refractivity contribution is -0.0354. The predicted molar refractivity (Wildman–Crippen MR) is 69.7 cm³/mol. The van der Waals surface area contributed by atoms with Gasteiger partial charge < -0.3 is 0 Å². The molecule has 0 atom stereocenters. The molecule has 17 heavy (non-hydrogen) atoms. The lowest BCUT2D eigenvalue weighted by Gasteiger charge is -2.42. The molecule has 0 saturated heterocycles. The van der Waals surface area contributed by atoms with Gasteiger partial charge in [-0.05, 0) is 56.3 Å². The number of rotatable bonds is 3. The molecule has 0 heterocycles. The number of halogens is 1. The second-order valence-electron chi connectivity index (χ2n) is 6.77. The summed E-state index contributed by atoms with van der Waals surface area (Å²) in [5, 5.41) is 0. The maximum absolute atomic E-state index is 15.9. The molecule has 3 aliphatic carbocycles. The number of hydrogen-bond acceptors (Lipinski definition) is 0. The van der Waals surface area contributed by atoms with Crippen LogP contribution in [0.4, 0.5) is 4.39 Å². The minimum absolute atomic E-state index is 0.425. The first kappa shape index (κ1) is 12.0. The Morgan fingerprint density at radius 1 is 0.529 bits per heavy atom. The van der Waals surface area contributed by atoms with Crippen LogP contribution in [0, 0.1) is 17.8 Å². The Hall–Kier alpha value is -0.0700. The van der Waals surface area contributed by atoms with Gasteiger partial charge in [0, 0.05) is 0 Å². The third kappa shape index (κ3) is 2.04. The maximum Gasteiger partial charge on any atom is 0.119 e. The van der Waals surface area contributed by atoms with Gasteiger partial charge in [-0.1, -0.05) is 38.5 Å². The van der Waals surface area contributed by atoms with Gasteiger partial charge >= 0.3 is 0 Å². The van der Waals surface area contributed by atoms with E-state index in [0.717, 1.165) is 0 Å². The molecule has 0 unspecified atom stereocenters. The van der Waals surface area contributed by atoms with Gasteiger partial charge in [0.25, 0.3) is 0 Å². The van der Waals surface area contributed by atoms with Crippen LogP contribution in [0.15, 0.2) is 0 Å². The van der Waals surface area contributed by atoms with Gasteiger partial charge in [-0.3, -0.25) is 0 Å². The molecule has 0 aromatic rings. The molecular formula is C16H27F. The average molecular weight is 238 g/mol. The van der Waals surface area contributed by atoms with E-state index in [1.165, 1.54) is 77.0 Å². The summed E-state index contributed by atoms with van der Waals surface area (Å²) in [6.07, 6.45) is 14.8. The van der Waals surface area contributed by atoms with E-state index in [2.05, 4.69) is 0 Å². The van der Waals surface area contributed by atoms with Crippen LogP contribution in [-0.4, -0.2) is 5.67 Å². The first-order valence-electron chi connectivity index (χ1n) is 8.00. The van der Waals surface area contributed by atoms with E-state index in [4.69, 9.17) is 0 Å². The molecule has 0 N–H and O–H groups in total. The van der Waals surface area contributed by atoms with Gasteiger partial charge in [-0.2, -0.15) is 0 Å². The van der Waals surface area contributed by atoms with Gasteiger partial charge in [0.1, 0.15) is 5.67 Å². The van der Waals surface area contributed by atoms with Crippen LogP contribution in [0.5, 0.6) is 0 Å². The van der Waals surface area contributed by atoms with Gasteiger partial charge in [0.05, 0.1) is 0 Å². The van der Waals surface area contributed by atoms with Gasteiger partial charge in [0.15, 0.2) is 0 Å². The molecular weight excluding hydrogens is 211 g/mol. The molecule has 0 spiro atoms. The van der Waals surface area contributed by atoms with E-state index in [1.54, 1.807) is 0 Å². The molecule has 3 saturated carbocycles. The molecule has 3 fully saturated rings. The fourth-order valence-corrected chi connectivity index (χ4v) is 5.10. The van der Waals surface area contributed by atoms with Crippen LogP contribution in [0.3, 0.4) is 0 Å². The number of alkyl halides is 1. The minimum atomic E-state index is -0.760. The lowest BCUT2D eigenvalue weighted by Crippen LogP contribution is -2.45. The molecule has 0 nitrogen and oxygen atoms in total. The van der Waals surface area contributed by atoms with E-state index >= 15 is 4.39 Å². The Morgan fingerprint density at radius 3 is 1.00 bits per heavy atom. The molecule has 1 heteroatoms. The molecule has 3 aliphatic rings. The largest absolute Gasteiger partial charge is 0.243 e. The lowest BCUT2D eigenvalue weighted by atomic mass is 9.68. The summed E-state index contributed by atoms with van der Waals surface area (Å²) in [7, 11) is 0. The summed E-state index contributed by atoms with van der Waals surface area (Å²) in [5.41, 5.74) is -0.760. The first-order chi connectivity index (χ1) is 8.32. The monoisotopic (exact) mass is 238 g/mol. The summed E-state index contributed by atoms with van der Waals surface area (Å²) in [6, 6.07) is 0.